The van der Waals surface area contributed by atoms with Crippen molar-refractivity contribution in [2.75, 3.05) is 11.9 Å². The molecule has 0 atom stereocenters. The molecule has 116 valence electrons. The Bertz CT molecular complexity index is 586. The van der Waals surface area contributed by atoms with Gasteiger partial charge in [-0.1, -0.05) is 25.0 Å². The number of carbonyl (C=O) groups is 2. The second-order valence-electron chi connectivity index (χ2n) is 5.61. The number of nitrogens with one attached hydrogen (secondary N) is 1. The van der Waals surface area contributed by atoms with Gasteiger partial charge in [-0.2, -0.15) is 5.26 Å². The first-order chi connectivity index (χ1) is 10.6. The van der Waals surface area contributed by atoms with Gasteiger partial charge in [-0.05, 0) is 25.0 Å². The number of amides is 2. The van der Waals surface area contributed by atoms with Crippen molar-refractivity contribution in [3.63, 3.8) is 0 Å². The van der Waals surface area contributed by atoms with Crippen molar-refractivity contribution in [3.05, 3.63) is 29.8 Å². The maximum absolute atomic E-state index is 12.1. The lowest BCUT2D eigenvalue weighted by molar-refractivity contribution is -0.131. The van der Waals surface area contributed by atoms with Crippen molar-refractivity contribution in [2.45, 2.75) is 45.1 Å². The Morgan fingerprint density at radius 3 is 2.64 bits per heavy atom. The molecule has 1 aromatic carbocycles. The van der Waals surface area contributed by atoms with Gasteiger partial charge in [-0.25, -0.2) is 0 Å². The van der Waals surface area contributed by atoms with E-state index in [1.807, 2.05) is 11.0 Å². The van der Waals surface area contributed by atoms with E-state index in [0.29, 0.717) is 17.8 Å². The summed E-state index contributed by atoms with van der Waals surface area (Å²) in [4.78, 5) is 25.6. The molecule has 1 aliphatic rings. The zero-order valence-corrected chi connectivity index (χ0v) is 12.8. The van der Waals surface area contributed by atoms with Gasteiger partial charge in [0.15, 0.2) is 0 Å². The molecule has 0 radical (unpaired) electrons. The Hall–Kier alpha value is -2.35. The van der Waals surface area contributed by atoms with Gasteiger partial charge < -0.3 is 10.2 Å². The van der Waals surface area contributed by atoms with Gasteiger partial charge in [-0.15, -0.1) is 0 Å². The van der Waals surface area contributed by atoms with Crippen molar-refractivity contribution < 1.29 is 9.59 Å². The standard InChI is InChI=1S/C17H21N3O2/c1-13(21)20(15-7-3-4-8-15)11-10-17(22)19-16-9-5-2-6-14(16)12-18/h2,5-6,9,15H,3-4,7-8,10-11H2,1H3,(H,19,22). The lowest BCUT2D eigenvalue weighted by atomic mass is 10.2. The topological polar surface area (TPSA) is 73.2 Å². The number of nitrogens with zero attached hydrogens (tertiary/aromatic N) is 2. The van der Waals surface area contributed by atoms with Gasteiger partial charge in [0.25, 0.3) is 0 Å². The second kappa shape index (κ2) is 7.60. The molecule has 1 aromatic rings. The van der Waals surface area contributed by atoms with Crippen LogP contribution in [0.15, 0.2) is 24.3 Å². The monoisotopic (exact) mass is 299 g/mol. The van der Waals surface area contributed by atoms with Crippen LogP contribution in [0.5, 0.6) is 0 Å². The highest BCUT2D eigenvalue weighted by Crippen LogP contribution is 2.23. The fourth-order valence-corrected chi connectivity index (χ4v) is 2.94. The van der Waals surface area contributed by atoms with E-state index in [0.717, 1.165) is 25.7 Å². The average molecular weight is 299 g/mol. The summed E-state index contributed by atoms with van der Waals surface area (Å²) >= 11 is 0. The summed E-state index contributed by atoms with van der Waals surface area (Å²) in [7, 11) is 0. The number of nitriles is 1. The summed E-state index contributed by atoms with van der Waals surface area (Å²) in [6, 6.07) is 9.22. The molecule has 22 heavy (non-hydrogen) atoms. The summed E-state index contributed by atoms with van der Waals surface area (Å²) in [5.74, 6) is -0.149. The molecule has 0 bridgehead atoms. The molecule has 0 aromatic heterocycles. The minimum absolute atomic E-state index is 0.0251. The third kappa shape index (κ3) is 4.08. The highest BCUT2D eigenvalue weighted by Gasteiger charge is 2.24. The Morgan fingerprint density at radius 2 is 2.00 bits per heavy atom. The number of hydrogen-bond donors (Lipinski definition) is 1. The maximum atomic E-state index is 12.1. The Kier molecular flexibility index (Phi) is 5.54. The van der Waals surface area contributed by atoms with Crippen molar-refractivity contribution >= 4 is 17.5 Å². The SMILES string of the molecule is CC(=O)N(CCC(=O)Nc1ccccc1C#N)C1CCCC1. The van der Waals surface area contributed by atoms with Crippen LogP contribution in [0.4, 0.5) is 5.69 Å². The van der Waals surface area contributed by atoms with Crippen LogP contribution in [0.25, 0.3) is 0 Å². The van der Waals surface area contributed by atoms with Gasteiger partial charge in [0.2, 0.25) is 11.8 Å². The molecule has 1 N–H and O–H groups in total. The zero-order chi connectivity index (χ0) is 15.9. The van der Waals surface area contributed by atoms with Crippen molar-refractivity contribution in [1.82, 2.24) is 4.90 Å². The van der Waals surface area contributed by atoms with Crippen LogP contribution < -0.4 is 5.32 Å². The van der Waals surface area contributed by atoms with E-state index in [2.05, 4.69) is 5.32 Å². The smallest absolute Gasteiger partial charge is 0.226 e. The first kappa shape index (κ1) is 16.0. The molecular formula is C17H21N3O2. The highest BCUT2D eigenvalue weighted by atomic mass is 16.2. The van der Waals surface area contributed by atoms with Crippen LogP contribution in [0.3, 0.4) is 0 Å². The van der Waals surface area contributed by atoms with Crippen molar-refractivity contribution in [3.8, 4) is 6.07 Å². The molecule has 1 aliphatic carbocycles. The van der Waals surface area contributed by atoms with E-state index in [9.17, 15) is 9.59 Å². The van der Waals surface area contributed by atoms with Crippen LogP contribution >= 0.6 is 0 Å². The molecule has 0 saturated heterocycles. The summed E-state index contributed by atoms with van der Waals surface area (Å²) < 4.78 is 0. The molecule has 0 unspecified atom stereocenters. The van der Waals surface area contributed by atoms with Crippen molar-refractivity contribution in [2.24, 2.45) is 0 Å². The van der Waals surface area contributed by atoms with Gasteiger partial charge >= 0.3 is 0 Å². The van der Waals surface area contributed by atoms with E-state index >= 15 is 0 Å². The van der Waals surface area contributed by atoms with E-state index in [-0.39, 0.29) is 24.3 Å². The fourth-order valence-electron chi connectivity index (χ4n) is 2.94. The lowest BCUT2D eigenvalue weighted by Crippen LogP contribution is -2.39. The Balaban J connectivity index is 1.91. The maximum Gasteiger partial charge on any atom is 0.226 e. The number of benzene rings is 1. The fraction of sp³-hybridized carbons (Fsp3) is 0.471. The lowest BCUT2D eigenvalue weighted by Gasteiger charge is -2.27. The van der Waals surface area contributed by atoms with Crippen LogP contribution in [0.1, 0.15) is 44.6 Å². The van der Waals surface area contributed by atoms with E-state index < -0.39 is 0 Å². The molecule has 0 spiro atoms. The highest BCUT2D eigenvalue weighted by molar-refractivity contribution is 5.92. The quantitative estimate of drug-likeness (QED) is 0.908. The van der Waals surface area contributed by atoms with Crippen LogP contribution in [0.2, 0.25) is 0 Å². The average Bonchev–Trinajstić information content (AvgIpc) is 3.01. The molecule has 1 saturated carbocycles. The third-order valence-electron chi connectivity index (χ3n) is 4.07. The molecule has 5 nitrogen and oxygen atoms in total. The van der Waals surface area contributed by atoms with Gasteiger partial charge in [0.1, 0.15) is 6.07 Å². The molecule has 2 amide bonds. The van der Waals surface area contributed by atoms with Gasteiger partial charge in [0, 0.05) is 25.9 Å². The second-order valence-corrected chi connectivity index (χ2v) is 5.61. The van der Waals surface area contributed by atoms with Crippen molar-refractivity contribution in [1.29, 1.82) is 5.26 Å². The van der Waals surface area contributed by atoms with Crippen LogP contribution in [0, 0.1) is 11.3 Å². The third-order valence-corrected chi connectivity index (χ3v) is 4.07. The normalized spacial score (nSPS) is 14.4. The summed E-state index contributed by atoms with van der Waals surface area (Å²) in [5.41, 5.74) is 0.959. The van der Waals surface area contributed by atoms with Crippen LogP contribution in [-0.4, -0.2) is 29.3 Å². The van der Waals surface area contributed by atoms with Gasteiger partial charge in [0.05, 0.1) is 11.3 Å². The van der Waals surface area contributed by atoms with E-state index in [1.165, 1.54) is 0 Å². The Morgan fingerprint density at radius 1 is 1.32 bits per heavy atom. The summed E-state index contributed by atoms with van der Waals surface area (Å²) in [6.45, 7) is 1.99. The number of hydrogen-bond acceptors (Lipinski definition) is 3. The summed E-state index contributed by atoms with van der Waals surface area (Å²) in [5, 5.41) is 11.8. The van der Waals surface area contributed by atoms with Gasteiger partial charge in [-0.3, -0.25) is 9.59 Å². The number of anilines is 1. The predicted octanol–water partition coefficient (Wildman–Crippen LogP) is 2.68. The molecule has 1 fully saturated rings. The largest absolute Gasteiger partial charge is 0.339 e. The zero-order valence-electron chi connectivity index (χ0n) is 12.8. The molecule has 0 heterocycles. The molecule has 2 rings (SSSR count). The first-order valence-corrected chi connectivity index (χ1v) is 7.68. The number of rotatable bonds is 5. The minimum atomic E-state index is -0.174. The molecular weight excluding hydrogens is 278 g/mol. The van der Waals surface area contributed by atoms with Crippen LogP contribution in [-0.2, 0) is 9.59 Å². The predicted molar refractivity (Wildman–Crippen MR) is 84.0 cm³/mol. The number of para-hydroxylation sites is 1. The number of carbonyl (C=O) groups excluding carboxylic acids is 2. The first-order valence-electron chi connectivity index (χ1n) is 7.68. The molecule has 0 aliphatic heterocycles. The minimum Gasteiger partial charge on any atom is -0.339 e. The Labute approximate surface area is 130 Å². The van der Waals surface area contributed by atoms with E-state index in [4.69, 9.17) is 5.26 Å². The summed E-state index contributed by atoms with van der Waals surface area (Å²) in [6.07, 6.45) is 4.60. The molecule has 5 heteroatoms. The van der Waals surface area contributed by atoms with E-state index in [1.54, 1.807) is 31.2 Å².